The zero-order valence-electron chi connectivity index (χ0n) is 13.1. The lowest BCUT2D eigenvalue weighted by molar-refractivity contribution is 0.296. The fraction of sp³-hybridized carbons (Fsp3) is 0.333. The van der Waals surface area contributed by atoms with Crippen molar-refractivity contribution < 1.29 is 9.47 Å². The van der Waals surface area contributed by atoms with Crippen molar-refractivity contribution in [3.05, 3.63) is 53.6 Å². The third kappa shape index (κ3) is 3.91. The molecule has 2 aromatic carbocycles. The summed E-state index contributed by atoms with van der Waals surface area (Å²) in [5.41, 5.74) is 8.83. The quantitative estimate of drug-likeness (QED) is 0.858. The first-order chi connectivity index (χ1) is 9.90. The van der Waals surface area contributed by atoms with E-state index in [0.29, 0.717) is 12.3 Å². The van der Waals surface area contributed by atoms with Gasteiger partial charge in [-0.15, -0.1) is 0 Å². The van der Waals surface area contributed by atoms with Crippen LogP contribution in [0.25, 0.3) is 0 Å². The summed E-state index contributed by atoms with van der Waals surface area (Å²) < 4.78 is 11.2. The molecule has 0 atom stereocenters. The van der Waals surface area contributed by atoms with E-state index in [-0.39, 0.29) is 5.41 Å². The number of nitrogens with two attached hydrogens (primary N) is 1. The van der Waals surface area contributed by atoms with E-state index >= 15 is 0 Å². The molecule has 112 valence electrons. The molecule has 0 aliphatic carbocycles. The Morgan fingerprint density at radius 1 is 1.05 bits per heavy atom. The molecule has 0 amide bonds. The summed E-state index contributed by atoms with van der Waals surface area (Å²) >= 11 is 0. The summed E-state index contributed by atoms with van der Waals surface area (Å²) in [6.45, 7) is 6.99. The lowest BCUT2D eigenvalue weighted by Gasteiger charge is -2.20. The van der Waals surface area contributed by atoms with Crippen molar-refractivity contribution in [2.24, 2.45) is 0 Å². The van der Waals surface area contributed by atoms with E-state index in [1.54, 1.807) is 7.11 Å². The molecule has 3 nitrogen and oxygen atoms in total. The molecule has 0 saturated carbocycles. The highest BCUT2D eigenvalue weighted by atomic mass is 16.5. The van der Waals surface area contributed by atoms with Crippen molar-refractivity contribution in [1.29, 1.82) is 0 Å². The zero-order chi connectivity index (χ0) is 15.5. The van der Waals surface area contributed by atoms with Gasteiger partial charge in [-0.25, -0.2) is 0 Å². The number of benzene rings is 2. The fourth-order valence-electron chi connectivity index (χ4n) is 2.12. The molecule has 0 fully saturated rings. The predicted molar refractivity (Wildman–Crippen MR) is 86.9 cm³/mol. The minimum Gasteiger partial charge on any atom is -0.496 e. The van der Waals surface area contributed by atoms with Gasteiger partial charge in [-0.1, -0.05) is 32.9 Å². The second-order valence-electron chi connectivity index (χ2n) is 6.14. The minimum atomic E-state index is 0.105. The van der Waals surface area contributed by atoms with Gasteiger partial charge in [0.25, 0.3) is 0 Å². The summed E-state index contributed by atoms with van der Waals surface area (Å²) in [5, 5.41) is 0. The van der Waals surface area contributed by atoms with Crippen LogP contribution >= 0.6 is 0 Å². The molecule has 0 bridgehead atoms. The van der Waals surface area contributed by atoms with Crippen molar-refractivity contribution in [2.45, 2.75) is 32.8 Å². The van der Waals surface area contributed by atoms with Gasteiger partial charge in [0, 0.05) is 11.3 Å². The van der Waals surface area contributed by atoms with Gasteiger partial charge in [0.2, 0.25) is 0 Å². The van der Waals surface area contributed by atoms with Gasteiger partial charge < -0.3 is 15.2 Å². The van der Waals surface area contributed by atoms with E-state index in [2.05, 4.69) is 32.9 Å². The lowest BCUT2D eigenvalue weighted by Crippen LogP contribution is -2.11. The predicted octanol–water partition coefficient (Wildman–Crippen LogP) is 4.15. The number of hydrogen-bond donors (Lipinski definition) is 1. The number of anilines is 1. The molecule has 2 rings (SSSR count). The molecule has 0 unspecified atom stereocenters. The van der Waals surface area contributed by atoms with Gasteiger partial charge in [0.05, 0.1) is 7.11 Å². The first-order valence-electron chi connectivity index (χ1n) is 7.06. The SMILES string of the molecule is COc1ccc(N)cc1COc1cccc(C(C)(C)C)c1. The second kappa shape index (κ2) is 6.08. The first-order valence-corrected chi connectivity index (χ1v) is 7.06. The van der Waals surface area contributed by atoms with Crippen molar-refractivity contribution in [3.63, 3.8) is 0 Å². The Hall–Kier alpha value is -2.16. The van der Waals surface area contributed by atoms with Crippen LogP contribution in [-0.2, 0) is 12.0 Å². The standard InChI is InChI=1S/C18H23NO2/c1-18(2,3)14-6-5-7-16(11-14)21-12-13-10-15(19)8-9-17(13)20-4/h5-11H,12,19H2,1-4H3. The molecule has 3 heteroatoms. The van der Waals surface area contributed by atoms with Gasteiger partial charge in [0.1, 0.15) is 18.1 Å². The van der Waals surface area contributed by atoms with Gasteiger partial charge in [-0.3, -0.25) is 0 Å². The highest BCUT2D eigenvalue weighted by Crippen LogP contribution is 2.27. The Labute approximate surface area is 126 Å². The van der Waals surface area contributed by atoms with Crippen LogP contribution in [0.1, 0.15) is 31.9 Å². The maximum absolute atomic E-state index is 5.89. The third-order valence-corrected chi connectivity index (χ3v) is 3.40. The monoisotopic (exact) mass is 285 g/mol. The van der Waals surface area contributed by atoms with Crippen LogP contribution in [0.5, 0.6) is 11.5 Å². The third-order valence-electron chi connectivity index (χ3n) is 3.40. The summed E-state index contributed by atoms with van der Waals surface area (Å²) in [5.74, 6) is 1.64. The largest absolute Gasteiger partial charge is 0.496 e. The van der Waals surface area contributed by atoms with Crippen LogP contribution < -0.4 is 15.2 Å². The van der Waals surface area contributed by atoms with Crippen molar-refractivity contribution in [3.8, 4) is 11.5 Å². The van der Waals surface area contributed by atoms with Crippen LogP contribution in [-0.4, -0.2) is 7.11 Å². The molecule has 0 saturated heterocycles. The van der Waals surface area contributed by atoms with Crippen molar-refractivity contribution >= 4 is 5.69 Å². The molecule has 0 heterocycles. The normalized spacial score (nSPS) is 11.2. The Balaban J connectivity index is 2.15. The zero-order valence-corrected chi connectivity index (χ0v) is 13.1. The van der Waals surface area contributed by atoms with E-state index in [1.165, 1.54) is 5.56 Å². The molecule has 2 N–H and O–H groups in total. The highest BCUT2D eigenvalue weighted by molar-refractivity contribution is 5.47. The minimum absolute atomic E-state index is 0.105. The van der Waals surface area contributed by atoms with Gasteiger partial charge in [-0.2, -0.15) is 0 Å². The van der Waals surface area contributed by atoms with Crippen molar-refractivity contribution in [1.82, 2.24) is 0 Å². The summed E-state index contributed by atoms with van der Waals surface area (Å²) in [6.07, 6.45) is 0. The first kappa shape index (κ1) is 15.2. The Kier molecular flexibility index (Phi) is 4.41. The molecule has 21 heavy (non-hydrogen) atoms. The van der Waals surface area contributed by atoms with Crippen LogP contribution in [0, 0.1) is 0 Å². The molecule has 0 spiro atoms. The summed E-state index contributed by atoms with van der Waals surface area (Å²) in [4.78, 5) is 0. The molecule has 2 aromatic rings. The maximum atomic E-state index is 5.89. The number of methoxy groups -OCH3 is 1. The van der Waals surface area contributed by atoms with Crippen LogP contribution in [0.3, 0.4) is 0 Å². The van der Waals surface area contributed by atoms with E-state index in [9.17, 15) is 0 Å². The number of nitrogen functional groups attached to an aromatic ring is 1. The van der Waals surface area contributed by atoms with Crippen LogP contribution in [0.15, 0.2) is 42.5 Å². The molecular formula is C18H23NO2. The Morgan fingerprint density at radius 3 is 2.48 bits per heavy atom. The Bertz CT molecular complexity index is 615. The van der Waals surface area contributed by atoms with Gasteiger partial charge in [0.15, 0.2) is 0 Å². The molecule has 0 radical (unpaired) electrons. The smallest absolute Gasteiger partial charge is 0.125 e. The average molecular weight is 285 g/mol. The summed E-state index contributed by atoms with van der Waals surface area (Å²) in [7, 11) is 1.65. The topological polar surface area (TPSA) is 44.5 Å². The van der Waals surface area contributed by atoms with E-state index < -0.39 is 0 Å². The maximum Gasteiger partial charge on any atom is 0.125 e. The van der Waals surface area contributed by atoms with Gasteiger partial charge >= 0.3 is 0 Å². The molecule has 0 aliphatic heterocycles. The lowest BCUT2D eigenvalue weighted by atomic mass is 9.87. The molecule has 0 aromatic heterocycles. The number of ether oxygens (including phenoxy) is 2. The van der Waals surface area contributed by atoms with Crippen LogP contribution in [0.2, 0.25) is 0 Å². The van der Waals surface area contributed by atoms with E-state index in [1.807, 2.05) is 30.3 Å². The fourth-order valence-corrected chi connectivity index (χ4v) is 2.12. The number of rotatable bonds is 4. The molecular weight excluding hydrogens is 262 g/mol. The summed E-state index contributed by atoms with van der Waals surface area (Å²) in [6, 6.07) is 13.8. The van der Waals surface area contributed by atoms with Crippen molar-refractivity contribution in [2.75, 3.05) is 12.8 Å². The highest BCUT2D eigenvalue weighted by Gasteiger charge is 2.14. The van der Waals surface area contributed by atoms with Gasteiger partial charge in [-0.05, 0) is 41.3 Å². The Morgan fingerprint density at radius 2 is 1.81 bits per heavy atom. The van der Waals surface area contributed by atoms with Crippen LogP contribution in [0.4, 0.5) is 5.69 Å². The second-order valence-corrected chi connectivity index (χ2v) is 6.14. The number of hydrogen-bond acceptors (Lipinski definition) is 3. The average Bonchev–Trinajstić information content (AvgIpc) is 2.45. The van der Waals surface area contributed by atoms with E-state index in [0.717, 1.165) is 17.1 Å². The van der Waals surface area contributed by atoms with E-state index in [4.69, 9.17) is 15.2 Å². The molecule has 0 aliphatic rings.